The summed E-state index contributed by atoms with van der Waals surface area (Å²) in [5.74, 6) is 0. The molecular formula is CH7N2OSi. The molecule has 0 aliphatic rings. The zero-order valence-corrected chi connectivity index (χ0v) is 4.06. The van der Waals surface area contributed by atoms with Gasteiger partial charge in [-0.15, -0.1) is 0 Å². The number of hydrogen-bond acceptors (Lipinski definition) is 3. The van der Waals surface area contributed by atoms with E-state index in [0.29, 0.717) is 0 Å². The van der Waals surface area contributed by atoms with Crippen molar-refractivity contribution in [2.75, 3.05) is 7.11 Å². The van der Waals surface area contributed by atoms with Gasteiger partial charge in [-0.1, -0.05) is 0 Å². The van der Waals surface area contributed by atoms with Crippen molar-refractivity contribution in [3.05, 3.63) is 0 Å². The summed E-state index contributed by atoms with van der Waals surface area (Å²) in [5.41, 5.74) is 0. The summed E-state index contributed by atoms with van der Waals surface area (Å²) in [5, 5.41) is 9.90. The molecule has 0 saturated heterocycles. The van der Waals surface area contributed by atoms with E-state index in [2.05, 4.69) is 4.43 Å². The fourth-order valence-electron chi connectivity index (χ4n) is 0. The lowest BCUT2D eigenvalue weighted by Gasteiger charge is -1.89. The number of nitrogens with two attached hydrogens (primary N) is 2. The molecule has 0 fully saturated rings. The van der Waals surface area contributed by atoms with Gasteiger partial charge in [-0.2, -0.15) is 0 Å². The summed E-state index contributed by atoms with van der Waals surface area (Å²) < 4.78 is 4.41. The molecular weight excluding hydrogens is 84.1 g/mol. The Bertz CT molecular complexity index is 23.6. The summed E-state index contributed by atoms with van der Waals surface area (Å²) in [7, 11) is 0.120. The summed E-state index contributed by atoms with van der Waals surface area (Å²) in [6.45, 7) is 0. The van der Waals surface area contributed by atoms with E-state index in [0.717, 1.165) is 0 Å². The molecule has 4 N–H and O–H groups in total. The van der Waals surface area contributed by atoms with E-state index in [-0.39, 0.29) is 0 Å². The molecule has 0 spiro atoms. The second kappa shape index (κ2) is 2.34. The van der Waals surface area contributed by atoms with E-state index in [4.69, 9.17) is 10.8 Å². The van der Waals surface area contributed by atoms with Crippen LogP contribution >= 0.6 is 0 Å². The maximum atomic E-state index is 4.95. The molecule has 0 heterocycles. The molecule has 0 saturated carbocycles. The average Bonchev–Trinajstić information content (AvgIpc) is 1.38. The first-order chi connectivity index (χ1) is 2.27. The molecule has 0 unspecified atom stereocenters. The second-order valence-corrected chi connectivity index (χ2v) is 1.82. The van der Waals surface area contributed by atoms with Gasteiger partial charge in [-0.05, 0) is 0 Å². The van der Waals surface area contributed by atoms with Gasteiger partial charge in [-0.3, -0.25) is 0 Å². The van der Waals surface area contributed by atoms with Crippen molar-refractivity contribution in [3.8, 4) is 0 Å². The van der Waals surface area contributed by atoms with Crippen molar-refractivity contribution >= 4 is 9.36 Å². The smallest absolute Gasteiger partial charge is 0.394 e. The highest BCUT2D eigenvalue weighted by Crippen LogP contribution is 1.48. The maximum absolute atomic E-state index is 4.95. The van der Waals surface area contributed by atoms with Crippen LogP contribution in [0.3, 0.4) is 0 Å². The van der Waals surface area contributed by atoms with Gasteiger partial charge in [0, 0.05) is 7.11 Å². The molecule has 3 nitrogen and oxygen atoms in total. The summed E-state index contributed by atoms with van der Waals surface area (Å²) >= 11 is 0. The highest BCUT2D eigenvalue weighted by atomic mass is 28.3. The van der Waals surface area contributed by atoms with Gasteiger partial charge in [0.05, 0.1) is 0 Å². The molecule has 4 heteroatoms. The molecule has 0 aromatic rings. The summed E-state index contributed by atoms with van der Waals surface area (Å²) in [6, 6.07) is 0. The van der Waals surface area contributed by atoms with Crippen molar-refractivity contribution in [2.24, 2.45) is 10.8 Å². The second-order valence-electron chi connectivity index (χ2n) is 0.606. The van der Waals surface area contributed by atoms with Crippen LogP contribution in [0.4, 0.5) is 0 Å². The standard InChI is InChI=1S/CH7N2OSi/c1-4-5(2)3/h2-3H2,1H3. The Morgan fingerprint density at radius 1 is 1.60 bits per heavy atom. The monoisotopic (exact) mass is 91.0 g/mol. The predicted octanol–water partition coefficient (Wildman–Crippen LogP) is -1.46. The van der Waals surface area contributed by atoms with Crippen molar-refractivity contribution in [2.45, 2.75) is 0 Å². The SMILES string of the molecule is CO[Si](N)N. The fourth-order valence-corrected chi connectivity index (χ4v) is 0. The van der Waals surface area contributed by atoms with E-state index < -0.39 is 9.36 Å². The van der Waals surface area contributed by atoms with Crippen LogP contribution < -0.4 is 10.8 Å². The molecule has 0 aromatic carbocycles. The number of rotatable bonds is 1. The van der Waals surface area contributed by atoms with Crippen LogP contribution in [0, 0.1) is 0 Å². The molecule has 31 valence electrons. The van der Waals surface area contributed by atoms with Gasteiger partial charge in [0.1, 0.15) is 0 Å². The first-order valence-electron chi connectivity index (χ1n) is 1.19. The first kappa shape index (κ1) is 5.10. The minimum Gasteiger partial charge on any atom is -0.394 e. The topological polar surface area (TPSA) is 61.3 Å². The van der Waals surface area contributed by atoms with Gasteiger partial charge >= 0.3 is 9.36 Å². The Kier molecular flexibility index (Phi) is 2.39. The highest BCUT2D eigenvalue weighted by Gasteiger charge is 1.88. The fraction of sp³-hybridized carbons (Fsp3) is 1.00. The van der Waals surface area contributed by atoms with E-state index in [1.54, 1.807) is 0 Å². The van der Waals surface area contributed by atoms with E-state index in [1.807, 2.05) is 0 Å². The lowest BCUT2D eigenvalue weighted by molar-refractivity contribution is 0.421. The highest BCUT2D eigenvalue weighted by molar-refractivity contribution is 6.43. The van der Waals surface area contributed by atoms with E-state index in [9.17, 15) is 0 Å². The lowest BCUT2D eigenvalue weighted by atomic mass is 11.8. The van der Waals surface area contributed by atoms with E-state index >= 15 is 0 Å². The van der Waals surface area contributed by atoms with Crippen LogP contribution in [0.2, 0.25) is 0 Å². The number of hydrogen-bond donors (Lipinski definition) is 2. The third kappa shape index (κ3) is 4.10. The van der Waals surface area contributed by atoms with Gasteiger partial charge in [0.15, 0.2) is 0 Å². The largest absolute Gasteiger partial charge is 0.396 e. The molecule has 0 amide bonds. The molecule has 0 aromatic heterocycles. The minimum absolute atomic E-state index is 1.37. The Morgan fingerprint density at radius 3 is 1.80 bits per heavy atom. The Morgan fingerprint density at radius 2 is 1.80 bits per heavy atom. The van der Waals surface area contributed by atoms with Crippen LogP contribution in [-0.4, -0.2) is 16.5 Å². The van der Waals surface area contributed by atoms with Gasteiger partial charge in [0.2, 0.25) is 0 Å². The van der Waals surface area contributed by atoms with Crippen LogP contribution in [0.5, 0.6) is 0 Å². The van der Waals surface area contributed by atoms with Crippen molar-refractivity contribution < 1.29 is 4.43 Å². The molecule has 1 radical (unpaired) electrons. The van der Waals surface area contributed by atoms with Crippen LogP contribution in [0.1, 0.15) is 0 Å². The van der Waals surface area contributed by atoms with E-state index in [1.165, 1.54) is 7.11 Å². The third-order valence-corrected chi connectivity index (χ3v) is 0.707. The van der Waals surface area contributed by atoms with Crippen molar-refractivity contribution in [3.63, 3.8) is 0 Å². The Hall–Kier alpha value is 0.0969. The van der Waals surface area contributed by atoms with Crippen molar-refractivity contribution in [1.29, 1.82) is 0 Å². The Balaban J connectivity index is 2.54. The molecule has 0 aliphatic heterocycles. The summed E-state index contributed by atoms with van der Waals surface area (Å²) in [6.07, 6.45) is 0. The first-order valence-corrected chi connectivity index (χ1v) is 2.75. The maximum Gasteiger partial charge on any atom is 0.396 e. The molecule has 5 heavy (non-hydrogen) atoms. The molecule has 0 atom stereocenters. The van der Waals surface area contributed by atoms with Crippen molar-refractivity contribution in [1.82, 2.24) is 0 Å². The quantitative estimate of drug-likeness (QED) is 0.387. The summed E-state index contributed by atoms with van der Waals surface area (Å²) in [4.78, 5) is 0. The average molecular weight is 91.2 g/mol. The normalized spacial score (nSPS) is 9.60. The molecule has 0 rings (SSSR count). The zero-order chi connectivity index (χ0) is 4.28. The van der Waals surface area contributed by atoms with Gasteiger partial charge in [-0.25, -0.2) is 0 Å². The minimum atomic E-state index is -1.37. The van der Waals surface area contributed by atoms with Crippen LogP contribution in [0.25, 0.3) is 0 Å². The molecule has 0 aliphatic carbocycles. The molecule has 0 bridgehead atoms. The van der Waals surface area contributed by atoms with Crippen LogP contribution in [-0.2, 0) is 4.43 Å². The third-order valence-electron chi connectivity index (χ3n) is 0.236. The van der Waals surface area contributed by atoms with Gasteiger partial charge in [0.25, 0.3) is 0 Å². The lowest BCUT2D eigenvalue weighted by Crippen LogP contribution is -2.38. The Labute approximate surface area is 32.8 Å². The van der Waals surface area contributed by atoms with Crippen LogP contribution in [0.15, 0.2) is 0 Å². The van der Waals surface area contributed by atoms with Gasteiger partial charge < -0.3 is 15.2 Å². The zero-order valence-electron chi connectivity index (χ0n) is 3.06. The predicted molar refractivity (Wildman–Crippen MR) is 21.1 cm³/mol.